The maximum absolute atomic E-state index is 13.0. The third kappa shape index (κ3) is 3.57. The van der Waals surface area contributed by atoms with E-state index in [0.717, 1.165) is 24.6 Å². The van der Waals surface area contributed by atoms with Gasteiger partial charge in [0, 0.05) is 11.9 Å². The Balaban J connectivity index is 2.02. The van der Waals surface area contributed by atoms with Crippen molar-refractivity contribution in [1.82, 2.24) is 15.3 Å². The molecular weight excluding hydrogens is 327 g/mol. The number of halogens is 3. The summed E-state index contributed by atoms with van der Waals surface area (Å²) < 4.78 is 39.0. The SMILES string of the molecule is O=C1NCCCC[C@H]1Sc1nc(C(F)(F)F)nc2ccccc12. The van der Waals surface area contributed by atoms with E-state index >= 15 is 0 Å². The van der Waals surface area contributed by atoms with Crippen molar-refractivity contribution in [3.63, 3.8) is 0 Å². The van der Waals surface area contributed by atoms with Crippen LogP contribution >= 0.6 is 11.8 Å². The number of rotatable bonds is 2. The van der Waals surface area contributed by atoms with Gasteiger partial charge in [0.2, 0.25) is 11.7 Å². The van der Waals surface area contributed by atoms with E-state index in [1.165, 1.54) is 6.07 Å². The van der Waals surface area contributed by atoms with Gasteiger partial charge in [0.25, 0.3) is 0 Å². The minimum absolute atomic E-state index is 0.149. The number of nitrogens with one attached hydrogen (secondary N) is 1. The molecule has 2 aromatic rings. The molecule has 1 aliphatic heterocycles. The van der Waals surface area contributed by atoms with Gasteiger partial charge in [-0.05, 0) is 18.9 Å². The van der Waals surface area contributed by atoms with Gasteiger partial charge < -0.3 is 5.32 Å². The van der Waals surface area contributed by atoms with Gasteiger partial charge in [-0.1, -0.05) is 36.4 Å². The fourth-order valence-electron chi connectivity index (χ4n) is 2.42. The molecule has 1 saturated heterocycles. The molecule has 23 heavy (non-hydrogen) atoms. The second kappa shape index (κ2) is 6.35. The van der Waals surface area contributed by atoms with Crippen LogP contribution < -0.4 is 5.32 Å². The Morgan fingerprint density at radius 2 is 1.96 bits per heavy atom. The molecule has 0 saturated carbocycles. The summed E-state index contributed by atoms with van der Waals surface area (Å²) >= 11 is 1.08. The summed E-state index contributed by atoms with van der Waals surface area (Å²) in [6.07, 6.45) is -2.27. The summed E-state index contributed by atoms with van der Waals surface area (Å²) in [6, 6.07) is 6.54. The zero-order valence-electron chi connectivity index (χ0n) is 12.1. The molecule has 1 aliphatic rings. The Morgan fingerprint density at radius 1 is 1.17 bits per heavy atom. The van der Waals surface area contributed by atoms with E-state index in [4.69, 9.17) is 0 Å². The van der Waals surface area contributed by atoms with Crippen molar-refractivity contribution in [2.24, 2.45) is 0 Å². The molecule has 0 bridgehead atoms. The first-order chi connectivity index (χ1) is 10.9. The van der Waals surface area contributed by atoms with Crippen LogP contribution in [-0.2, 0) is 11.0 Å². The molecule has 3 rings (SSSR count). The number of alkyl halides is 3. The largest absolute Gasteiger partial charge is 0.451 e. The van der Waals surface area contributed by atoms with E-state index in [-0.39, 0.29) is 16.4 Å². The van der Waals surface area contributed by atoms with E-state index in [9.17, 15) is 18.0 Å². The molecule has 4 nitrogen and oxygen atoms in total. The first-order valence-corrected chi connectivity index (χ1v) is 8.11. The normalized spacial score (nSPS) is 19.4. The van der Waals surface area contributed by atoms with Gasteiger partial charge >= 0.3 is 6.18 Å². The summed E-state index contributed by atoms with van der Waals surface area (Å²) in [7, 11) is 0. The highest BCUT2D eigenvalue weighted by Crippen LogP contribution is 2.35. The molecule has 0 unspecified atom stereocenters. The van der Waals surface area contributed by atoms with Crippen LogP contribution in [0, 0.1) is 0 Å². The highest BCUT2D eigenvalue weighted by Gasteiger charge is 2.36. The minimum atomic E-state index is -4.62. The van der Waals surface area contributed by atoms with E-state index in [2.05, 4.69) is 15.3 Å². The lowest BCUT2D eigenvalue weighted by Crippen LogP contribution is -2.30. The third-order valence-corrected chi connectivity index (χ3v) is 4.83. The number of benzene rings is 1. The van der Waals surface area contributed by atoms with Crippen molar-refractivity contribution >= 4 is 28.6 Å². The van der Waals surface area contributed by atoms with Crippen LogP contribution in [-0.4, -0.2) is 27.7 Å². The van der Waals surface area contributed by atoms with E-state index in [1.54, 1.807) is 18.2 Å². The average Bonchev–Trinajstić information content (AvgIpc) is 2.71. The lowest BCUT2D eigenvalue weighted by molar-refractivity contribution is -0.145. The molecule has 8 heteroatoms. The van der Waals surface area contributed by atoms with Gasteiger partial charge in [-0.25, -0.2) is 9.97 Å². The second-order valence-corrected chi connectivity index (χ2v) is 6.45. The number of amides is 1. The molecule has 1 fully saturated rings. The Bertz CT molecular complexity index is 735. The predicted molar refractivity (Wildman–Crippen MR) is 81.0 cm³/mol. The molecule has 1 aromatic carbocycles. The summed E-state index contributed by atoms with van der Waals surface area (Å²) in [5, 5.41) is 3.08. The first-order valence-electron chi connectivity index (χ1n) is 7.23. The number of aromatic nitrogens is 2. The number of hydrogen-bond acceptors (Lipinski definition) is 4. The third-order valence-electron chi connectivity index (χ3n) is 3.56. The maximum Gasteiger partial charge on any atom is 0.451 e. The van der Waals surface area contributed by atoms with Gasteiger partial charge in [0.1, 0.15) is 5.03 Å². The van der Waals surface area contributed by atoms with Gasteiger partial charge in [0.15, 0.2) is 0 Å². The average molecular weight is 341 g/mol. The zero-order valence-corrected chi connectivity index (χ0v) is 12.9. The fourth-order valence-corrected chi connectivity index (χ4v) is 3.61. The number of nitrogens with zero attached hydrogens (tertiary/aromatic N) is 2. The molecule has 1 aromatic heterocycles. The Hall–Kier alpha value is -1.83. The highest BCUT2D eigenvalue weighted by atomic mass is 32.2. The van der Waals surface area contributed by atoms with E-state index in [1.807, 2.05) is 0 Å². The predicted octanol–water partition coefficient (Wildman–Crippen LogP) is 3.41. The Morgan fingerprint density at radius 3 is 2.74 bits per heavy atom. The van der Waals surface area contributed by atoms with Gasteiger partial charge in [-0.3, -0.25) is 4.79 Å². The lowest BCUT2D eigenvalue weighted by Gasteiger charge is -2.15. The summed E-state index contributed by atoms with van der Waals surface area (Å²) in [5.74, 6) is -1.32. The molecule has 0 spiro atoms. The summed E-state index contributed by atoms with van der Waals surface area (Å²) in [4.78, 5) is 19.3. The Kier molecular flexibility index (Phi) is 4.43. The maximum atomic E-state index is 13.0. The number of carbonyl (C=O) groups is 1. The number of carbonyl (C=O) groups excluding carboxylic acids is 1. The number of thioether (sulfide) groups is 1. The van der Waals surface area contributed by atoms with Crippen molar-refractivity contribution in [3.8, 4) is 0 Å². The van der Waals surface area contributed by atoms with Crippen LogP contribution in [0.3, 0.4) is 0 Å². The van der Waals surface area contributed by atoms with Crippen LogP contribution in [0.2, 0.25) is 0 Å². The van der Waals surface area contributed by atoms with Crippen molar-refractivity contribution < 1.29 is 18.0 Å². The first kappa shape index (κ1) is 16.0. The molecule has 0 radical (unpaired) electrons. The van der Waals surface area contributed by atoms with Crippen molar-refractivity contribution in [1.29, 1.82) is 0 Å². The van der Waals surface area contributed by atoms with Crippen LogP contribution in [0.15, 0.2) is 29.3 Å². The highest BCUT2D eigenvalue weighted by molar-refractivity contribution is 8.00. The lowest BCUT2D eigenvalue weighted by atomic mass is 10.2. The standard InChI is InChI=1S/C15H14F3N3OS/c16-15(17,18)14-20-10-6-2-1-5-9(10)13(21-14)23-11-7-3-4-8-19-12(11)22/h1-2,5-6,11H,3-4,7-8H2,(H,19,22)/t11-/m1/s1. The Labute approximate surface area is 134 Å². The van der Waals surface area contributed by atoms with Crippen molar-refractivity contribution in [2.75, 3.05) is 6.54 Å². The van der Waals surface area contributed by atoms with Gasteiger partial charge in [-0.15, -0.1) is 0 Å². The fraction of sp³-hybridized carbons (Fsp3) is 0.400. The van der Waals surface area contributed by atoms with Gasteiger partial charge in [-0.2, -0.15) is 13.2 Å². The van der Waals surface area contributed by atoms with E-state index in [0.29, 0.717) is 18.4 Å². The van der Waals surface area contributed by atoms with Crippen LogP contribution in [0.4, 0.5) is 13.2 Å². The summed E-state index contributed by atoms with van der Waals surface area (Å²) in [6.45, 7) is 0.605. The molecule has 2 heterocycles. The quantitative estimate of drug-likeness (QED) is 0.851. The zero-order chi connectivity index (χ0) is 16.4. The molecule has 1 atom stereocenters. The van der Waals surface area contributed by atoms with E-state index < -0.39 is 17.3 Å². The van der Waals surface area contributed by atoms with Crippen LogP contribution in [0.25, 0.3) is 10.9 Å². The second-order valence-electron chi connectivity index (χ2n) is 5.26. The number of para-hydroxylation sites is 1. The molecule has 122 valence electrons. The van der Waals surface area contributed by atoms with Crippen LogP contribution in [0.1, 0.15) is 25.1 Å². The number of fused-ring (bicyclic) bond motifs is 1. The molecule has 1 amide bonds. The molecular formula is C15H14F3N3OS. The topological polar surface area (TPSA) is 54.9 Å². The number of hydrogen-bond donors (Lipinski definition) is 1. The monoisotopic (exact) mass is 341 g/mol. The van der Waals surface area contributed by atoms with Crippen molar-refractivity contribution in [2.45, 2.75) is 35.7 Å². The smallest absolute Gasteiger partial charge is 0.355 e. The van der Waals surface area contributed by atoms with Crippen molar-refractivity contribution in [3.05, 3.63) is 30.1 Å². The molecule has 0 aliphatic carbocycles. The van der Waals surface area contributed by atoms with Gasteiger partial charge in [0.05, 0.1) is 10.8 Å². The molecule has 1 N–H and O–H groups in total. The minimum Gasteiger partial charge on any atom is -0.355 e. The van der Waals surface area contributed by atoms with Crippen LogP contribution in [0.5, 0.6) is 0 Å². The summed E-state index contributed by atoms with van der Waals surface area (Å²) in [5.41, 5.74) is 0.228.